The molecule has 3 aromatic rings. The Morgan fingerprint density at radius 3 is 2.48 bits per heavy atom. The van der Waals surface area contributed by atoms with Gasteiger partial charge in [-0.2, -0.15) is 4.98 Å². The number of piperidine rings is 1. The highest BCUT2D eigenvalue weighted by Gasteiger charge is 2.38. The van der Waals surface area contributed by atoms with Gasteiger partial charge in [0.15, 0.2) is 5.82 Å². The second kappa shape index (κ2) is 12.7. The lowest BCUT2D eigenvalue weighted by molar-refractivity contribution is 0.0504. The average Bonchev–Trinajstić information content (AvgIpc) is 3.64. The van der Waals surface area contributed by atoms with Gasteiger partial charge < -0.3 is 29.3 Å². The lowest BCUT2D eigenvalue weighted by Gasteiger charge is -2.35. The number of benzene rings is 1. The minimum atomic E-state index is -0.672. The van der Waals surface area contributed by atoms with E-state index in [0.29, 0.717) is 61.5 Å². The van der Waals surface area contributed by atoms with Crippen molar-refractivity contribution in [2.45, 2.75) is 77.5 Å². The number of alkyl carbamates (subject to hydrolysis) is 1. The first-order valence-corrected chi connectivity index (χ1v) is 15.1. The van der Waals surface area contributed by atoms with Crippen LogP contribution in [0.25, 0.3) is 0 Å². The molecule has 4 heterocycles. The van der Waals surface area contributed by atoms with E-state index in [1.54, 1.807) is 44.9 Å². The first kappa shape index (κ1) is 31.1. The second-order valence-electron chi connectivity index (χ2n) is 12.5. The number of aromatic nitrogens is 4. The third-order valence-electron chi connectivity index (χ3n) is 8.12. The number of nitrogens with one attached hydrogen (secondary N) is 1. The van der Waals surface area contributed by atoms with E-state index in [1.165, 1.54) is 18.5 Å². The fourth-order valence-electron chi connectivity index (χ4n) is 5.76. The zero-order chi connectivity index (χ0) is 31.6. The zero-order valence-corrected chi connectivity index (χ0v) is 26.2. The molecule has 0 spiro atoms. The van der Waals surface area contributed by atoms with Crippen LogP contribution in [-0.4, -0.2) is 87.9 Å². The maximum atomic E-state index is 15.0. The molecule has 2 amide bonds. The quantitative estimate of drug-likeness (QED) is 0.418. The molecule has 0 saturated carbocycles. The highest BCUT2D eigenvalue weighted by atomic mass is 19.1. The second-order valence-corrected chi connectivity index (χ2v) is 12.5. The number of carbonyl (C=O) groups is 2. The summed E-state index contributed by atoms with van der Waals surface area (Å²) in [5, 5.41) is 6.90. The monoisotopic (exact) mass is 608 g/mol. The van der Waals surface area contributed by atoms with Crippen LogP contribution < -0.4 is 15.1 Å². The Bertz CT molecular complexity index is 1470. The standard InChI is InChI=1S/C31H41FN8O4/c1-7-26-36-29(44-37-26)39-12-10-21(11-13-39)38(6)27(41)20-15-33-28(34-16-20)40-17-23(22-14-19(2)8-9-24(22)32)25(18-40)35-30(42)43-31(3,4)5/h8-9,14-16,21,23,25H,7,10-13,17-18H2,1-6H3,(H,35,42). The lowest BCUT2D eigenvalue weighted by Crippen LogP contribution is -2.45. The van der Waals surface area contributed by atoms with Crippen LogP contribution in [0.3, 0.4) is 0 Å². The Morgan fingerprint density at radius 2 is 1.84 bits per heavy atom. The molecular weight excluding hydrogens is 567 g/mol. The SMILES string of the molecule is CCc1noc(N2CCC(N(C)C(=O)c3cnc(N4CC(NC(=O)OC(C)(C)C)C(c5cc(C)ccc5F)C4)nc3)CC2)n1. The van der Waals surface area contributed by atoms with Crippen LogP contribution in [0.2, 0.25) is 0 Å². The molecule has 2 aliphatic rings. The number of amides is 2. The molecule has 2 aliphatic heterocycles. The summed E-state index contributed by atoms with van der Waals surface area (Å²) in [6.07, 6.45) is 4.73. The van der Waals surface area contributed by atoms with Gasteiger partial charge in [0.05, 0.1) is 11.6 Å². The number of ether oxygens (including phenoxy) is 1. The Kier molecular flexibility index (Phi) is 9.02. The summed E-state index contributed by atoms with van der Waals surface area (Å²) in [6.45, 7) is 11.4. The predicted molar refractivity (Wildman–Crippen MR) is 162 cm³/mol. The molecule has 2 atom stereocenters. The summed E-state index contributed by atoms with van der Waals surface area (Å²) in [7, 11) is 1.80. The summed E-state index contributed by atoms with van der Waals surface area (Å²) in [5.74, 6) is 0.225. The van der Waals surface area contributed by atoms with Gasteiger partial charge in [-0.25, -0.2) is 19.2 Å². The van der Waals surface area contributed by atoms with Gasteiger partial charge in [-0.3, -0.25) is 4.79 Å². The number of hydrogen-bond donors (Lipinski definition) is 1. The largest absolute Gasteiger partial charge is 0.444 e. The lowest BCUT2D eigenvalue weighted by atomic mass is 9.92. The molecule has 5 rings (SSSR count). The number of aryl methyl sites for hydroxylation is 2. The number of nitrogens with zero attached hydrogens (tertiary/aromatic N) is 7. The van der Waals surface area contributed by atoms with Gasteiger partial charge in [0.2, 0.25) is 5.95 Å². The van der Waals surface area contributed by atoms with Crippen LogP contribution in [0.1, 0.15) is 73.8 Å². The van der Waals surface area contributed by atoms with Gasteiger partial charge in [0.1, 0.15) is 11.4 Å². The van der Waals surface area contributed by atoms with Crippen LogP contribution >= 0.6 is 0 Å². The van der Waals surface area contributed by atoms with Crippen molar-refractivity contribution in [1.82, 2.24) is 30.3 Å². The average molecular weight is 609 g/mol. The van der Waals surface area contributed by atoms with Crippen molar-refractivity contribution in [2.24, 2.45) is 0 Å². The summed E-state index contributed by atoms with van der Waals surface area (Å²) >= 11 is 0. The van der Waals surface area contributed by atoms with Crippen molar-refractivity contribution >= 4 is 24.0 Å². The Labute approximate surface area is 257 Å². The molecule has 0 bridgehead atoms. The third kappa shape index (κ3) is 7.08. The number of halogens is 1. The molecule has 236 valence electrons. The number of carbonyl (C=O) groups excluding carboxylic acids is 2. The van der Waals surface area contributed by atoms with Crippen LogP contribution in [0.4, 0.5) is 21.1 Å². The van der Waals surface area contributed by atoms with Crippen molar-refractivity contribution in [2.75, 3.05) is 43.0 Å². The topological polar surface area (TPSA) is 130 Å². The predicted octanol–water partition coefficient (Wildman–Crippen LogP) is 4.11. The summed E-state index contributed by atoms with van der Waals surface area (Å²) in [6, 6.07) is 5.11. The van der Waals surface area contributed by atoms with Crippen LogP contribution in [0.5, 0.6) is 0 Å². The molecule has 0 aliphatic carbocycles. The first-order chi connectivity index (χ1) is 20.9. The maximum Gasteiger partial charge on any atom is 0.407 e. The molecule has 2 saturated heterocycles. The Morgan fingerprint density at radius 1 is 1.14 bits per heavy atom. The van der Waals surface area contributed by atoms with Crippen molar-refractivity contribution in [3.8, 4) is 0 Å². The van der Waals surface area contributed by atoms with E-state index in [1.807, 2.05) is 18.7 Å². The van der Waals surface area contributed by atoms with Gasteiger partial charge >= 0.3 is 12.1 Å². The minimum Gasteiger partial charge on any atom is -0.444 e. The number of hydrogen-bond acceptors (Lipinski definition) is 10. The van der Waals surface area contributed by atoms with Crippen molar-refractivity contribution in [1.29, 1.82) is 0 Å². The van der Waals surface area contributed by atoms with E-state index in [4.69, 9.17) is 9.26 Å². The highest BCUT2D eigenvalue weighted by molar-refractivity contribution is 5.93. The third-order valence-corrected chi connectivity index (χ3v) is 8.12. The molecule has 2 fully saturated rings. The molecule has 2 aromatic heterocycles. The summed E-state index contributed by atoms with van der Waals surface area (Å²) in [4.78, 5) is 45.1. The molecule has 12 nitrogen and oxygen atoms in total. The highest BCUT2D eigenvalue weighted by Crippen LogP contribution is 2.32. The first-order valence-electron chi connectivity index (χ1n) is 15.1. The molecule has 1 aromatic carbocycles. The molecule has 44 heavy (non-hydrogen) atoms. The van der Waals surface area contributed by atoms with Crippen molar-refractivity contribution in [3.05, 3.63) is 58.9 Å². The summed E-state index contributed by atoms with van der Waals surface area (Å²) in [5.41, 5.74) is 1.14. The molecule has 1 N–H and O–H groups in total. The van der Waals surface area contributed by atoms with Crippen molar-refractivity contribution in [3.63, 3.8) is 0 Å². The van der Waals surface area contributed by atoms with Crippen molar-refractivity contribution < 1.29 is 23.2 Å². The van der Waals surface area contributed by atoms with Gasteiger partial charge in [-0.15, -0.1) is 0 Å². The van der Waals surface area contributed by atoms with Gasteiger partial charge in [-0.1, -0.05) is 29.8 Å². The summed E-state index contributed by atoms with van der Waals surface area (Å²) < 4.78 is 25.8. The van der Waals surface area contributed by atoms with E-state index in [-0.39, 0.29) is 23.7 Å². The van der Waals surface area contributed by atoms with E-state index in [9.17, 15) is 14.0 Å². The number of anilines is 2. The fourth-order valence-corrected chi connectivity index (χ4v) is 5.76. The maximum absolute atomic E-state index is 15.0. The zero-order valence-electron chi connectivity index (χ0n) is 26.2. The Hall–Kier alpha value is -4.29. The minimum absolute atomic E-state index is 0.0512. The van der Waals surface area contributed by atoms with Gasteiger partial charge in [-0.05, 0) is 52.2 Å². The molecule has 2 unspecified atom stereocenters. The normalized spacial score (nSPS) is 19.2. The smallest absolute Gasteiger partial charge is 0.407 e. The number of rotatable bonds is 7. The Balaban J connectivity index is 1.24. The molecule has 13 heteroatoms. The van der Waals surface area contributed by atoms with Gasteiger partial charge in [0, 0.05) is 64.0 Å². The van der Waals surface area contributed by atoms with E-state index < -0.39 is 17.7 Å². The van der Waals surface area contributed by atoms with Gasteiger partial charge in [0.25, 0.3) is 5.91 Å². The molecular formula is C31H41FN8O4. The fraction of sp³-hybridized carbons (Fsp3) is 0.548. The van der Waals surface area contributed by atoms with Crippen LogP contribution in [-0.2, 0) is 11.2 Å². The molecule has 0 radical (unpaired) electrons. The van der Waals surface area contributed by atoms with E-state index in [0.717, 1.165) is 18.4 Å². The van der Waals surface area contributed by atoms with Crippen LogP contribution in [0, 0.1) is 12.7 Å². The van der Waals surface area contributed by atoms with Crippen LogP contribution in [0.15, 0.2) is 35.1 Å². The van der Waals surface area contributed by atoms with E-state index >= 15 is 0 Å². The van der Waals surface area contributed by atoms with E-state index in [2.05, 4.69) is 30.3 Å².